The number of amides is 1. The largest absolute Gasteiger partial charge is 0.336 e. The van der Waals surface area contributed by atoms with Crippen LogP contribution >= 0.6 is 23.1 Å². The minimum Gasteiger partial charge on any atom is -0.336 e. The van der Waals surface area contributed by atoms with Crippen molar-refractivity contribution in [3.63, 3.8) is 0 Å². The Hall–Kier alpha value is -2.18. The summed E-state index contributed by atoms with van der Waals surface area (Å²) in [5, 5.41) is 0.667. The van der Waals surface area contributed by atoms with Gasteiger partial charge in [0.05, 0.1) is 12.3 Å². The smallest absolute Gasteiger partial charge is 0.233 e. The molecule has 0 aliphatic heterocycles. The van der Waals surface area contributed by atoms with Gasteiger partial charge in [-0.25, -0.2) is 9.97 Å². The first-order valence-electron chi connectivity index (χ1n) is 9.32. The zero-order chi connectivity index (χ0) is 19.9. The fourth-order valence-corrected chi connectivity index (χ4v) is 4.69. The highest BCUT2D eigenvalue weighted by Gasteiger charge is 2.16. The first-order chi connectivity index (χ1) is 13.5. The minimum absolute atomic E-state index is 0.120. The van der Waals surface area contributed by atoms with Crippen molar-refractivity contribution in [3.05, 3.63) is 75.2 Å². The standard InChI is InChI=1S/C22H25N3OS2/c1-16-13-17(2)24-22(23-16)27-15-21(26)25(14-20-10-9-18(3)28-20)12-11-19-7-5-4-6-8-19/h4-10,13H,11-12,14-15H2,1-3H3. The summed E-state index contributed by atoms with van der Waals surface area (Å²) >= 11 is 3.16. The number of nitrogens with zero attached hydrogens (tertiary/aromatic N) is 3. The van der Waals surface area contributed by atoms with Gasteiger partial charge in [0.25, 0.3) is 0 Å². The number of hydrogen-bond donors (Lipinski definition) is 0. The molecular weight excluding hydrogens is 386 g/mol. The van der Waals surface area contributed by atoms with E-state index in [1.54, 1.807) is 11.3 Å². The molecule has 0 spiro atoms. The number of carbonyl (C=O) groups is 1. The van der Waals surface area contributed by atoms with Crippen molar-refractivity contribution < 1.29 is 4.79 Å². The molecule has 0 aliphatic rings. The SMILES string of the molecule is Cc1cc(C)nc(SCC(=O)N(CCc2ccccc2)Cc2ccc(C)s2)n1. The third-order valence-corrected chi connectivity index (χ3v) is 6.11. The van der Waals surface area contributed by atoms with Gasteiger partial charge < -0.3 is 4.90 Å². The van der Waals surface area contributed by atoms with Crippen LogP contribution in [-0.4, -0.2) is 33.1 Å². The van der Waals surface area contributed by atoms with Crippen molar-refractivity contribution >= 4 is 29.0 Å². The fraction of sp³-hybridized carbons (Fsp3) is 0.318. The van der Waals surface area contributed by atoms with Crippen molar-refractivity contribution in [2.75, 3.05) is 12.3 Å². The number of thiophene rings is 1. The number of hydrogen-bond acceptors (Lipinski definition) is 5. The summed E-state index contributed by atoms with van der Waals surface area (Å²) in [6.07, 6.45) is 0.849. The molecule has 0 N–H and O–H groups in total. The highest BCUT2D eigenvalue weighted by molar-refractivity contribution is 7.99. The molecule has 1 aromatic carbocycles. The molecule has 0 saturated carbocycles. The van der Waals surface area contributed by atoms with Crippen molar-refractivity contribution in [1.82, 2.24) is 14.9 Å². The zero-order valence-electron chi connectivity index (χ0n) is 16.5. The van der Waals surface area contributed by atoms with E-state index in [0.717, 1.165) is 17.8 Å². The molecule has 3 aromatic rings. The molecule has 2 aromatic heterocycles. The van der Waals surface area contributed by atoms with E-state index >= 15 is 0 Å². The Kier molecular flexibility index (Phi) is 7.23. The van der Waals surface area contributed by atoms with Crippen LogP contribution < -0.4 is 0 Å². The van der Waals surface area contributed by atoms with Gasteiger partial charge in [-0.3, -0.25) is 4.79 Å². The number of carbonyl (C=O) groups excluding carboxylic acids is 1. The minimum atomic E-state index is 0.120. The van der Waals surface area contributed by atoms with Gasteiger partial charge in [-0.05, 0) is 51.0 Å². The predicted molar refractivity (Wildman–Crippen MR) is 117 cm³/mol. The number of rotatable bonds is 8. The molecule has 0 fully saturated rings. The van der Waals surface area contributed by atoms with E-state index < -0.39 is 0 Å². The zero-order valence-corrected chi connectivity index (χ0v) is 18.1. The number of benzene rings is 1. The lowest BCUT2D eigenvalue weighted by molar-refractivity contribution is -0.128. The van der Waals surface area contributed by atoms with Crippen LogP contribution in [0.15, 0.2) is 53.7 Å². The van der Waals surface area contributed by atoms with Crippen LogP contribution in [0.25, 0.3) is 0 Å². The Bertz CT molecular complexity index is 904. The lowest BCUT2D eigenvalue weighted by Gasteiger charge is -2.22. The molecule has 1 amide bonds. The average Bonchev–Trinajstić information content (AvgIpc) is 3.08. The van der Waals surface area contributed by atoms with Gasteiger partial charge in [-0.1, -0.05) is 42.1 Å². The molecule has 28 heavy (non-hydrogen) atoms. The van der Waals surface area contributed by atoms with Crippen LogP contribution in [0, 0.1) is 20.8 Å². The van der Waals surface area contributed by atoms with Crippen LogP contribution in [-0.2, 0) is 17.8 Å². The second kappa shape index (κ2) is 9.85. The van der Waals surface area contributed by atoms with Crippen molar-refractivity contribution in [2.45, 2.75) is 38.9 Å². The molecule has 0 atom stereocenters. The Balaban J connectivity index is 1.66. The van der Waals surface area contributed by atoms with Crippen molar-refractivity contribution in [3.8, 4) is 0 Å². The first kappa shape index (κ1) is 20.6. The first-order valence-corrected chi connectivity index (χ1v) is 11.1. The second-order valence-corrected chi connectivity index (χ2v) is 9.10. The van der Waals surface area contributed by atoms with Crippen LogP contribution in [0.2, 0.25) is 0 Å². The van der Waals surface area contributed by atoms with Gasteiger partial charge in [0.2, 0.25) is 5.91 Å². The Morgan fingerprint density at radius 1 is 1.04 bits per heavy atom. The molecular formula is C22H25N3OS2. The van der Waals surface area contributed by atoms with E-state index in [9.17, 15) is 4.79 Å². The molecule has 0 aliphatic carbocycles. The summed E-state index contributed by atoms with van der Waals surface area (Å²) in [6.45, 7) is 7.35. The van der Waals surface area contributed by atoms with Crippen LogP contribution in [0.4, 0.5) is 0 Å². The molecule has 4 nitrogen and oxygen atoms in total. The van der Waals surface area contributed by atoms with Crippen molar-refractivity contribution in [2.24, 2.45) is 0 Å². The molecule has 3 rings (SSSR count). The van der Waals surface area contributed by atoms with E-state index in [-0.39, 0.29) is 5.91 Å². The van der Waals surface area contributed by atoms with Gasteiger partial charge in [0.1, 0.15) is 0 Å². The number of aryl methyl sites for hydroxylation is 3. The summed E-state index contributed by atoms with van der Waals surface area (Å²) < 4.78 is 0. The lowest BCUT2D eigenvalue weighted by Crippen LogP contribution is -2.33. The normalized spacial score (nSPS) is 10.8. The molecule has 0 bridgehead atoms. The highest BCUT2D eigenvalue weighted by atomic mass is 32.2. The predicted octanol–water partition coefficient (Wildman–Crippen LogP) is 4.83. The summed E-state index contributed by atoms with van der Waals surface area (Å²) in [5.41, 5.74) is 3.10. The number of aromatic nitrogens is 2. The molecule has 0 radical (unpaired) electrons. The molecule has 6 heteroatoms. The number of thioether (sulfide) groups is 1. The van der Waals surface area contributed by atoms with Gasteiger partial charge >= 0.3 is 0 Å². The molecule has 0 unspecified atom stereocenters. The maximum atomic E-state index is 13.0. The van der Waals surface area contributed by atoms with E-state index in [1.807, 2.05) is 43.0 Å². The van der Waals surface area contributed by atoms with Gasteiger partial charge in [-0.2, -0.15) is 0 Å². The Morgan fingerprint density at radius 2 is 1.75 bits per heavy atom. The Labute approximate surface area is 175 Å². The lowest BCUT2D eigenvalue weighted by atomic mass is 10.1. The second-order valence-electron chi connectivity index (χ2n) is 6.79. The third kappa shape index (κ3) is 6.17. The van der Waals surface area contributed by atoms with Crippen LogP contribution in [0.5, 0.6) is 0 Å². The van der Waals surface area contributed by atoms with Gasteiger partial charge in [0, 0.05) is 27.7 Å². The summed E-state index contributed by atoms with van der Waals surface area (Å²) in [7, 11) is 0. The van der Waals surface area contributed by atoms with E-state index in [1.165, 1.54) is 27.1 Å². The summed E-state index contributed by atoms with van der Waals surface area (Å²) in [4.78, 5) is 26.3. The maximum absolute atomic E-state index is 13.0. The quantitative estimate of drug-likeness (QED) is 0.393. The summed E-state index contributed by atoms with van der Waals surface area (Å²) in [6, 6.07) is 16.5. The highest BCUT2D eigenvalue weighted by Crippen LogP contribution is 2.20. The summed E-state index contributed by atoms with van der Waals surface area (Å²) in [5.74, 6) is 0.469. The molecule has 2 heterocycles. The van der Waals surface area contributed by atoms with E-state index in [0.29, 0.717) is 24.0 Å². The molecule has 0 saturated heterocycles. The van der Waals surface area contributed by atoms with Crippen LogP contribution in [0.1, 0.15) is 26.7 Å². The van der Waals surface area contributed by atoms with E-state index in [4.69, 9.17) is 0 Å². The van der Waals surface area contributed by atoms with Gasteiger partial charge in [0.15, 0.2) is 5.16 Å². The topological polar surface area (TPSA) is 46.1 Å². The van der Waals surface area contributed by atoms with Crippen molar-refractivity contribution in [1.29, 1.82) is 0 Å². The van der Waals surface area contributed by atoms with Gasteiger partial charge in [-0.15, -0.1) is 11.3 Å². The monoisotopic (exact) mass is 411 g/mol. The van der Waals surface area contributed by atoms with Crippen LogP contribution in [0.3, 0.4) is 0 Å². The fourth-order valence-electron chi connectivity index (χ4n) is 2.93. The molecule has 146 valence electrons. The van der Waals surface area contributed by atoms with E-state index in [2.05, 4.69) is 41.2 Å². The average molecular weight is 412 g/mol. The Morgan fingerprint density at radius 3 is 2.39 bits per heavy atom. The maximum Gasteiger partial charge on any atom is 0.233 e. The third-order valence-electron chi connectivity index (χ3n) is 4.30.